The molecule has 2 heterocycles. The number of hydrogen-bond donors (Lipinski definition) is 3. The van der Waals surface area contributed by atoms with Crippen LogP contribution < -0.4 is 0 Å². The van der Waals surface area contributed by atoms with E-state index in [4.69, 9.17) is 5.11 Å². The van der Waals surface area contributed by atoms with Gasteiger partial charge in [0.05, 0.1) is 15.9 Å². The zero-order valence-corrected chi connectivity index (χ0v) is 17.3. The molecule has 0 spiro atoms. The molecule has 0 saturated carbocycles. The molecule has 6 nitrogen and oxygen atoms in total. The number of carboxylic acids is 1. The fourth-order valence-electron chi connectivity index (χ4n) is 2.89. The Morgan fingerprint density at radius 3 is 1.87 bits per heavy atom. The van der Waals surface area contributed by atoms with Gasteiger partial charge in [0.1, 0.15) is 28.2 Å². The van der Waals surface area contributed by atoms with E-state index in [0.29, 0.717) is 15.6 Å². The van der Waals surface area contributed by atoms with Crippen LogP contribution >= 0.6 is 15.9 Å². The van der Waals surface area contributed by atoms with E-state index in [1.54, 1.807) is 19.1 Å². The molecule has 0 radical (unpaired) electrons. The Morgan fingerprint density at radius 2 is 1.33 bits per heavy atom. The molecule has 0 bridgehead atoms. The van der Waals surface area contributed by atoms with Crippen molar-refractivity contribution in [1.82, 2.24) is 9.97 Å². The first kappa shape index (κ1) is 21.4. The summed E-state index contributed by atoms with van der Waals surface area (Å²) in [7, 11) is 0. The Bertz CT molecular complexity index is 1310. The van der Waals surface area contributed by atoms with Crippen LogP contribution in [0.4, 0.5) is 8.78 Å². The molecular formula is C21H15BrF2N2O4. The number of aromatic carboxylic acids is 1. The van der Waals surface area contributed by atoms with Gasteiger partial charge in [-0.15, -0.1) is 0 Å². The third-order valence-electron chi connectivity index (χ3n) is 4.38. The minimum Gasteiger partial charge on any atom is -0.505 e. The number of fused-ring (bicyclic) bond motifs is 2. The van der Waals surface area contributed by atoms with E-state index >= 15 is 0 Å². The standard InChI is InChI=1S/C11H8FNO3.C10H7BrFNO/c1-5-10(14)8(11(15)16)6-3-2-4-7(12)9(6)13-5;1-5-10(14)8(11)6-3-2-4-7(12)9(6)13-5/h2-4,14H,1H3,(H,15,16);2-4,14H,1H3. The highest BCUT2D eigenvalue weighted by molar-refractivity contribution is 9.10. The number of aryl methyl sites for hydroxylation is 2. The lowest BCUT2D eigenvalue weighted by Gasteiger charge is -2.07. The Hall–Kier alpha value is -3.33. The van der Waals surface area contributed by atoms with Crippen molar-refractivity contribution in [2.24, 2.45) is 0 Å². The van der Waals surface area contributed by atoms with E-state index < -0.39 is 17.5 Å². The third kappa shape index (κ3) is 3.76. The largest absolute Gasteiger partial charge is 0.505 e. The normalized spacial score (nSPS) is 10.7. The summed E-state index contributed by atoms with van der Waals surface area (Å²) in [6.07, 6.45) is 0. The van der Waals surface area contributed by atoms with E-state index in [0.717, 1.165) is 0 Å². The third-order valence-corrected chi connectivity index (χ3v) is 5.19. The minimum atomic E-state index is -1.31. The first-order valence-electron chi connectivity index (χ1n) is 8.57. The lowest BCUT2D eigenvalue weighted by Crippen LogP contribution is -2.02. The van der Waals surface area contributed by atoms with Crippen molar-refractivity contribution >= 4 is 43.7 Å². The number of carboxylic acid groups (broad SMARTS) is 1. The number of halogens is 3. The molecule has 2 aromatic heterocycles. The van der Waals surface area contributed by atoms with Crippen molar-refractivity contribution in [2.45, 2.75) is 13.8 Å². The van der Waals surface area contributed by atoms with Crippen molar-refractivity contribution in [3.05, 3.63) is 69.5 Å². The predicted molar refractivity (Wildman–Crippen MR) is 111 cm³/mol. The SMILES string of the molecule is Cc1nc2c(F)cccc2c(Br)c1O.Cc1nc2c(F)cccc2c(C(=O)O)c1O. The number of aromatic hydroxyl groups is 2. The second kappa shape index (κ2) is 8.19. The first-order chi connectivity index (χ1) is 14.1. The van der Waals surface area contributed by atoms with E-state index in [9.17, 15) is 23.8 Å². The highest BCUT2D eigenvalue weighted by Gasteiger charge is 2.19. The predicted octanol–water partition coefficient (Wildman–Crippen LogP) is 5.24. The second-order valence-electron chi connectivity index (χ2n) is 6.36. The van der Waals surface area contributed by atoms with Gasteiger partial charge in [-0.1, -0.05) is 24.3 Å². The molecule has 4 aromatic rings. The van der Waals surface area contributed by atoms with Gasteiger partial charge < -0.3 is 15.3 Å². The van der Waals surface area contributed by atoms with E-state index in [1.807, 2.05) is 0 Å². The Kier molecular flexibility index (Phi) is 5.84. The molecule has 9 heteroatoms. The van der Waals surface area contributed by atoms with Gasteiger partial charge >= 0.3 is 5.97 Å². The van der Waals surface area contributed by atoms with Crippen LogP contribution in [0.1, 0.15) is 21.7 Å². The van der Waals surface area contributed by atoms with E-state index in [1.165, 1.54) is 31.2 Å². The molecule has 0 amide bonds. The molecule has 0 aliphatic heterocycles. The summed E-state index contributed by atoms with van der Waals surface area (Å²) in [5, 5.41) is 28.8. The van der Waals surface area contributed by atoms with Crippen LogP contribution in [0.25, 0.3) is 21.8 Å². The first-order valence-corrected chi connectivity index (χ1v) is 9.37. The molecule has 2 aromatic carbocycles. The van der Waals surface area contributed by atoms with Gasteiger partial charge in [0, 0.05) is 10.8 Å². The number of carbonyl (C=O) groups is 1. The fraction of sp³-hybridized carbons (Fsp3) is 0.0952. The molecule has 0 aliphatic rings. The van der Waals surface area contributed by atoms with Gasteiger partial charge in [-0.2, -0.15) is 0 Å². The Morgan fingerprint density at radius 1 is 0.867 bits per heavy atom. The minimum absolute atomic E-state index is 0.0461. The van der Waals surface area contributed by atoms with Gasteiger partial charge in [-0.25, -0.2) is 23.5 Å². The summed E-state index contributed by atoms with van der Waals surface area (Å²) < 4.78 is 27.2. The number of benzene rings is 2. The number of rotatable bonds is 1. The maximum absolute atomic E-state index is 13.4. The van der Waals surface area contributed by atoms with Crippen molar-refractivity contribution in [2.75, 3.05) is 0 Å². The molecular weight excluding hydrogens is 462 g/mol. The number of nitrogens with zero attached hydrogens (tertiary/aromatic N) is 2. The van der Waals surface area contributed by atoms with E-state index in [2.05, 4.69) is 25.9 Å². The second-order valence-corrected chi connectivity index (χ2v) is 7.15. The molecule has 0 aliphatic carbocycles. The van der Waals surface area contributed by atoms with Crippen molar-refractivity contribution < 1.29 is 28.9 Å². The van der Waals surface area contributed by atoms with Crippen LogP contribution in [0, 0.1) is 25.5 Å². The van der Waals surface area contributed by atoms with Crippen LogP contribution in [0.15, 0.2) is 40.9 Å². The van der Waals surface area contributed by atoms with Crippen LogP contribution in [-0.4, -0.2) is 31.3 Å². The van der Waals surface area contributed by atoms with Crippen LogP contribution in [0.3, 0.4) is 0 Å². The quantitative estimate of drug-likeness (QED) is 0.347. The van der Waals surface area contributed by atoms with Gasteiger partial charge in [-0.05, 0) is 41.9 Å². The summed E-state index contributed by atoms with van der Waals surface area (Å²) >= 11 is 3.21. The number of aromatic nitrogens is 2. The molecule has 0 atom stereocenters. The molecule has 30 heavy (non-hydrogen) atoms. The monoisotopic (exact) mass is 476 g/mol. The van der Waals surface area contributed by atoms with Crippen molar-refractivity contribution in [3.63, 3.8) is 0 Å². The zero-order chi connectivity index (χ0) is 22.2. The average molecular weight is 477 g/mol. The number of pyridine rings is 2. The molecule has 0 unspecified atom stereocenters. The fourth-order valence-corrected chi connectivity index (χ4v) is 3.50. The van der Waals surface area contributed by atoms with Gasteiger partial charge in [0.15, 0.2) is 11.5 Å². The molecule has 0 saturated heterocycles. The molecule has 154 valence electrons. The summed E-state index contributed by atoms with van der Waals surface area (Å²) in [6, 6.07) is 8.61. The number of para-hydroxylation sites is 2. The lowest BCUT2D eigenvalue weighted by atomic mass is 10.1. The lowest BCUT2D eigenvalue weighted by molar-refractivity contribution is 0.0695. The smallest absolute Gasteiger partial charge is 0.340 e. The molecule has 0 fully saturated rings. The maximum atomic E-state index is 13.4. The Balaban J connectivity index is 0.000000172. The topological polar surface area (TPSA) is 104 Å². The number of hydrogen-bond acceptors (Lipinski definition) is 5. The van der Waals surface area contributed by atoms with Crippen molar-refractivity contribution in [1.29, 1.82) is 0 Å². The molecule has 4 rings (SSSR count). The van der Waals surface area contributed by atoms with Crippen LogP contribution in [0.5, 0.6) is 11.5 Å². The van der Waals surface area contributed by atoms with Crippen LogP contribution in [-0.2, 0) is 0 Å². The Labute approximate surface area is 177 Å². The van der Waals surface area contributed by atoms with Crippen LogP contribution in [0.2, 0.25) is 0 Å². The maximum Gasteiger partial charge on any atom is 0.340 e. The summed E-state index contributed by atoms with van der Waals surface area (Å²) in [5.74, 6) is -2.67. The highest BCUT2D eigenvalue weighted by Crippen LogP contribution is 2.34. The molecule has 3 N–H and O–H groups in total. The zero-order valence-electron chi connectivity index (χ0n) is 15.7. The highest BCUT2D eigenvalue weighted by atomic mass is 79.9. The summed E-state index contributed by atoms with van der Waals surface area (Å²) in [5.41, 5.74) is 0.413. The van der Waals surface area contributed by atoms with Gasteiger partial charge in [0.2, 0.25) is 0 Å². The van der Waals surface area contributed by atoms with E-state index in [-0.39, 0.29) is 39.2 Å². The summed E-state index contributed by atoms with van der Waals surface area (Å²) in [6.45, 7) is 3.06. The van der Waals surface area contributed by atoms with Crippen molar-refractivity contribution in [3.8, 4) is 11.5 Å². The van der Waals surface area contributed by atoms with Gasteiger partial charge in [-0.3, -0.25) is 0 Å². The average Bonchev–Trinajstić information content (AvgIpc) is 2.69. The summed E-state index contributed by atoms with van der Waals surface area (Å²) in [4.78, 5) is 18.8. The van der Waals surface area contributed by atoms with Gasteiger partial charge in [0.25, 0.3) is 0 Å².